The number of nitrogens with zero attached hydrogens (tertiary/aromatic N) is 4. The van der Waals surface area contributed by atoms with E-state index >= 15 is 0 Å². The monoisotopic (exact) mass is 720 g/mol. The molecule has 5 nitrogen and oxygen atoms in total. The van der Waals surface area contributed by atoms with Gasteiger partial charge >= 0.3 is 0 Å². The Kier molecular flexibility index (Phi) is 6.36. The fourth-order valence-corrected chi connectivity index (χ4v) is 14.3. The number of hydrogen-bond acceptors (Lipinski definition) is 3. The van der Waals surface area contributed by atoms with Gasteiger partial charge in [-0.3, -0.25) is 9.38 Å². The first-order valence-electron chi connectivity index (χ1n) is 18.8. The minimum absolute atomic E-state index is 0.885. The van der Waals surface area contributed by atoms with Crippen LogP contribution in [-0.4, -0.2) is 26.8 Å². The van der Waals surface area contributed by atoms with E-state index in [1.54, 1.807) is 0 Å². The van der Waals surface area contributed by atoms with Crippen molar-refractivity contribution in [2.45, 2.75) is 6.42 Å². The number of para-hydroxylation sites is 4. The van der Waals surface area contributed by atoms with Gasteiger partial charge in [0.05, 0.1) is 27.4 Å². The van der Waals surface area contributed by atoms with Crippen molar-refractivity contribution in [3.8, 4) is 22.3 Å². The smallest absolute Gasteiger partial charge is 0.280 e. The Balaban J connectivity index is 1.24. The first kappa shape index (κ1) is 30.4. The maximum absolute atomic E-state index is 6.22. The third-order valence-corrected chi connectivity index (χ3v) is 16.2. The van der Waals surface area contributed by atoms with Crippen molar-refractivity contribution in [1.82, 2.24) is 18.6 Å². The standard InChI is InChI=1S/C49H32N4OSi/c1-3-15-35(16-4-1)55(36-17-5-2-6-18-36,48-46-34(28-29-50-48)30-32-14-7-8-19-37(32)46)53-42-23-11-10-22-41(42)52-43-24-13-21-38(47(43)51-49(52)53)33-26-27-45-40(31-33)39-20-9-12-25-44(39)54-45/h1-29,31H,30H2. The zero-order chi connectivity index (χ0) is 36.1. The number of aromatic nitrogens is 4. The second-order valence-corrected chi connectivity index (χ2v) is 18.0. The highest BCUT2D eigenvalue weighted by Gasteiger charge is 2.49. The molecule has 0 fully saturated rings. The fourth-order valence-electron chi connectivity index (χ4n) is 9.39. The Hall–Kier alpha value is -7.02. The number of pyridine rings is 1. The van der Waals surface area contributed by atoms with Gasteiger partial charge in [-0.1, -0.05) is 133 Å². The molecule has 7 aromatic carbocycles. The molecule has 6 heteroatoms. The lowest BCUT2D eigenvalue weighted by Crippen LogP contribution is -2.73. The van der Waals surface area contributed by atoms with Crippen LogP contribution in [-0.2, 0) is 6.42 Å². The first-order valence-corrected chi connectivity index (χ1v) is 20.7. The molecule has 0 spiro atoms. The van der Waals surface area contributed by atoms with E-state index in [-0.39, 0.29) is 0 Å². The molecule has 0 atom stereocenters. The molecule has 55 heavy (non-hydrogen) atoms. The van der Waals surface area contributed by atoms with Crippen LogP contribution in [0.5, 0.6) is 0 Å². The van der Waals surface area contributed by atoms with E-state index in [9.17, 15) is 0 Å². The maximum Gasteiger partial charge on any atom is 0.280 e. The molecular weight excluding hydrogens is 689 g/mol. The summed E-state index contributed by atoms with van der Waals surface area (Å²) in [5.74, 6) is 0.906. The van der Waals surface area contributed by atoms with Crippen molar-refractivity contribution in [2.75, 3.05) is 0 Å². The van der Waals surface area contributed by atoms with Gasteiger partial charge < -0.3 is 8.65 Å². The van der Waals surface area contributed by atoms with Crippen molar-refractivity contribution in [2.24, 2.45) is 0 Å². The summed E-state index contributed by atoms with van der Waals surface area (Å²) in [4.78, 5) is 11.3. The average molecular weight is 721 g/mol. The number of hydrogen-bond donors (Lipinski definition) is 0. The lowest BCUT2D eigenvalue weighted by molar-refractivity contribution is 0.669. The fraction of sp³-hybridized carbons (Fsp3) is 0.0204. The summed E-state index contributed by atoms with van der Waals surface area (Å²) in [6, 6.07) is 63.4. The molecule has 0 aliphatic heterocycles. The van der Waals surface area contributed by atoms with Crippen LogP contribution in [0.4, 0.5) is 0 Å². The van der Waals surface area contributed by atoms with Crippen molar-refractivity contribution in [3.05, 3.63) is 193 Å². The minimum atomic E-state index is -3.31. The van der Waals surface area contributed by atoms with E-state index in [0.29, 0.717) is 0 Å². The predicted molar refractivity (Wildman–Crippen MR) is 226 cm³/mol. The van der Waals surface area contributed by atoms with E-state index in [1.165, 1.54) is 32.6 Å². The largest absolute Gasteiger partial charge is 0.456 e. The third-order valence-electron chi connectivity index (χ3n) is 11.7. The molecule has 0 saturated heterocycles. The van der Waals surface area contributed by atoms with Crippen LogP contribution in [0.2, 0.25) is 0 Å². The van der Waals surface area contributed by atoms with Gasteiger partial charge in [-0.25, -0.2) is 4.98 Å². The van der Waals surface area contributed by atoms with Gasteiger partial charge in [-0.15, -0.1) is 0 Å². The van der Waals surface area contributed by atoms with Crippen molar-refractivity contribution in [3.63, 3.8) is 0 Å². The van der Waals surface area contributed by atoms with Gasteiger partial charge in [0.2, 0.25) is 5.78 Å². The molecule has 0 saturated carbocycles. The number of benzene rings is 7. The summed E-state index contributed by atoms with van der Waals surface area (Å²) < 4.78 is 11.2. The van der Waals surface area contributed by atoms with Crippen LogP contribution in [0, 0.1) is 0 Å². The second kappa shape index (κ2) is 11.5. The summed E-state index contributed by atoms with van der Waals surface area (Å²) >= 11 is 0. The number of fused-ring (bicyclic) bond motifs is 11. The van der Waals surface area contributed by atoms with Gasteiger partial charge in [-0.2, -0.15) is 0 Å². The van der Waals surface area contributed by atoms with Crippen molar-refractivity contribution in [1.29, 1.82) is 0 Å². The molecule has 0 radical (unpaired) electrons. The Bertz CT molecular complexity index is 3270. The summed E-state index contributed by atoms with van der Waals surface area (Å²) in [6.45, 7) is 0. The highest BCUT2D eigenvalue weighted by atomic mass is 28.3. The normalized spacial score (nSPS) is 12.7. The summed E-state index contributed by atoms with van der Waals surface area (Å²) in [7, 11) is -3.31. The van der Waals surface area contributed by atoms with Crippen LogP contribution in [0.3, 0.4) is 0 Å². The molecule has 1 aliphatic carbocycles. The minimum Gasteiger partial charge on any atom is -0.456 e. The predicted octanol–water partition coefficient (Wildman–Crippen LogP) is 9.49. The second-order valence-electron chi connectivity index (χ2n) is 14.5. The summed E-state index contributed by atoms with van der Waals surface area (Å²) in [5, 5.41) is 5.84. The van der Waals surface area contributed by atoms with Crippen LogP contribution < -0.4 is 15.7 Å². The Morgan fingerprint density at radius 3 is 2.04 bits per heavy atom. The van der Waals surface area contributed by atoms with Crippen LogP contribution in [0.15, 0.2) is 187 Å². The molecule has 0 bridgehead atoms. The van der Waals surface area contributed by atoms with Gasteiger partial charge in [0, 0.05) is 28.1 Å². The van der Waals surface area contributed by atoms with Crippen LogP contribution >= 0.6 is 0 Å². The Morgan fingerprint density at radius 2 is 1.20 bits per heavy atom. The number of imidazole rings is 2. The van der Waals surface area contributed by atoms with Gasteiger partial charge in [-0.05, 0) is 81.5 Å². The molecule has 4 heterocycles. The van der Waals surface area contributed by atoms with E-state index in [2.05, 4.69) is 172 Å². The van der Waals surface area contributed by atoms with Gasteiger partial charge in [0.25, 0.3) is 8.24 Å². The van der Waals surface area contributed by atoms with Crippen molar-refractivity contribution >= 4 is 73.7 Å². The molecule has 4 aromatic heterocycles. The quantitative estimate of drug-likeness (QED) is 0.167. The third kappa shape index (κ3) is 4.17. The van der Waals surface area contributed by atoms with E-state index < -0.39 is 8.24 Å². The number of furan rings is 1. The Labute approximate surface area is 317 Å². The van der Waals surface area contributed by atoms with E-state index in [1.807, 2.05) is 18.3 Å². The molecular formula is C49H32N4OSi. The highest BCUT2D eigenvalue weighted by molar-refractivity contribution is 7.11. The van der Waals surface area contributed by atoms with E-state index in [4.69, 9.17) is 14.4 Å². The first-order chi connectivity index (χ1) is 27.3. The zero-order valence-corrected chi connectivity index (χ0v) is 30.7. The lowest BCUT2D eigenvalue weighted by atomic mass is 10.0. The lowest BCUT2D eigenvalue weighted by Gasteiger charge is -2.35. The van der Waals surface area contributed by atoms with Gasteiger partial charge in [0.1, 0.15) is 11.2 Å². The topological polar surface area (TPSA) is 48.3 Å². The van der Waals surface area contributed by atoms with Crippen LogP contribution in [0.1, 0.15) is 11.1 Å². The molecule has 1 aliphatic rings. The molecule has 11 aromatic rings. The Morgan fingerprint density at radius 1 is 0.527 bits per heavy atom. The average Bonchev–Trinajstić information content (AvgIpc) is 4.01. The molecule has 0 N–H and O–H groups in total. The molecule has 12 rings (SSSR count). The number of rotatable bonds is 5. The summed E-state index contributed by atoms with van der Waals surface area (Å²) in [5.41, 5.74) is 13.4. The molecule has 0 amide bonds. The summed E-state index contributed by atoms with van der Waals surface area (Å²) in [6.07, 6.45) is 2.93. The van der Waals surface area contributed by atoms with Gasteiger partial charge in [0.15, 0.2) is 0 Å². The van der Waals surface area contributed by atoms with E-state index in [0.717, 1.165) is 72.6 Å². The molecule has 0 unspecified atom stereocenters. The van der Waals surface area contributed by atoms with Crippen molar-refractivity contribution < 1.29 is 4.42 Å². The highest BCUT2D eigenvalue weighted by Crippen LogP contribution is 2.39. The molecule has 258 valence electrons. The zero-order valence-electron chi connectivity index (χ0n) is 29.7. The SMILES string of the molecule is c1ccc([Si](c2ccccc2)(c2nccc3c2-c2ccccc2C3)n2c3ccccc3n3c4cccc(-c5ccc6oc7ccccc7c6c5)c4nc23)cc1. The van der Waals surface area contributed by atoms with Crippen LogP contribution in [0.25, 0.3) is 72.0 Å². The maximum atomic E-state index is 6.22.